The third-order valence-electron chi connectivity index (χ3n) is 3.56. The Morgan fingerprint density at radius 1 is 1.26 bits per heavy atom. The van der Waals surface area contributed by atoms with E-state index in [1.807, 2.05) is 13.0 Å². The van der Waals surface area contributed by atoms with Crippen molar-refractivity contribution in [2.24, 2.45) is 4.99 Å². The minimum Gasteiger partial charge on any atom is -0.371 e. The van der Waals surface area contributed by atoms with Gasteiger partial charge < -0.3 is 5.32 Å². The molecule has 0 fully saturated rings. The standard InChI is InChI=1S/C15H17N3S/c1-11-5-3-6-12(18-11)15(2,13-7-4-10-19-13)14-16-8-9-17-14/h3-7,10H,8-9H2,1-2H3,(H,16,17). The normalized spacial score (nSPS) is 17.7. The fourth-order valence-electron chi connectivity index (χ4n) is 2.48. The predicted molar refractivity (Wildman–Crippen MR) is 80.1 cm³/mol. The van der Waals surface area contributed by atoms with Crippen molar-refractivity contribution in [2.45, 2.75) is 19.3 Å². The van der Waals surface area contributed by atoms with Gasteiger partial charge in [-0.05, 0) is 37.4 Å². The molecule has 1 unspecified atom stereocenters. The Bertz CT molecular complexity index is 604. The van der Waals surface area contributed by atoms with Crippen molar-refractivity contribution in [1.82, 2.24) is 10.3 Å². The van der Waals surface area contributed by atoms with Crippen molar-refractivity contribution in [3.05, 3.63) is 52.0 Å². The number of hydrogen-bond donors (Lipinski definition) is 1. The molecule has 1 atom stereocenters. The van der Waals surface area contributed by atoms with Crippen molar-refractivity contribution in [3.63, 3.8) is 0 Å². The summed E-state index contributed by atoms with van der Waals surface area (Å²) in [6.07, 6.45) is 0. The lowest BCUT2D eigenvalue weighted by atomic mass is 9.83. The van der Waals surface area contributed by atoms with E-state index >= 15 is 0 Å². The zero-order valence-corrected chi connectivity index (χ0v) is 12.0. The summed E-state index contributed by atoms with van der Waals surface area (Å²) in [6, 6.07) is 10.4. The number of rotatable bonds is 3. The second-order valence-electron chi connectivity index (χ2n) is 4.92. The van der Waals surface area contributed by atoms with Gasteiger partial charge in [0.1, 0.15) is 11.3 Å². The lowest BCUT2D eigenvalue weighted by molar-refractivity contribution is 0.726. The number of hydrogen-bond acceptors (Lipinski definition) is 4. The average molecular weight is 271 g/mol. The quantitative estimate of drug-likeness (QED) is 0.932. The third kappa shape index (κ3) is 2.06. The molecule has 0 aromatic carbocycles. The van der Waals surface area contributed by atoms with Crippen molar-refractivity contribution in [2.75, 3.05) is 13.1 Å². The predicted octanol–water partition coefficient (Wildman–Crippen LogP) is 2.76. The Morgan fingerprint density at radius 2 is 2.16 bits per heavy atom. The highest BCUT2D eigenvalue weighted by Gasteiger charge is 2.38. The van der Waals surface area contributed by atoms with Crippen LogP contribution in [-0.4, -0.2) is 23.9 Å². The van der Waals surface area contributed by atoms with E-state index < -0.39 is 0 Å². The Hall–Kier alpha value is -1.68. The van der Waals surface area contributed by atoms with Crippen LogP contribution >= 0.6 is 11.3 Å². The van der Waals surface area contributed by atoms with Crippen LogP contribution in [0.4, 0.5) is 0 Å². The fourth-order valence-corrected chi connectivity index (χ4v) is 3.38. The SMILES string of the molecule is Cc1cccc(C(C)(C2=NCCN2)c2cccs2)n1. The Morgan fingerprint density at radius 3 is 2.79 bits per heavy atom. The number of pyridine rings is 1. The van der Waals surface area contributed by atoms with E-state index in [1.54, 1.807) is 11.3 Å². The van der Waals surface area contributed by atoms with Gasteiger partial charge in [-0.15, -0.1) is 11.3 Å². The first-order valence-corrected chi connectivity index (χ1v) is 7.36. The van der Waals surface area contributed by atoms with E-state index in [0.717, 1.165) is 30.3 Å². The number of aliphatic imine (C=N–C) groups is 1. The summed E-state index contributed by atoms with van der Waals surface area (Å²) in [7, 11) is 0. The van der Waals surface area contributed by atoms with Crippen LogP contribution in [0.25, 0.3) is 0 Å². The second-order valence-corrected chi connectivity index (χ2v) is 5.87. The van der Waals surface area contributed by atoms with Gasteiger partial charge in [0.25, 0.3) is 0 Å². The minimum atomic E-state index is -0.267. The highest BCUT2D eigenvalue weighted by Crippen LogP contribution is 2.35. The van der Waals surface area contributed by atoms with Gasteiger partial charge in [0.05, 0.1) is 12.2 Å². The maximum atomic E-state index is 4.73. The van der Waals surface area contributed by atoms with Crippen molar-refractivity contribution < 1.29 is 0 Å². The van der Waals surface area contributed by atoms with Crippen molar-refractivity contribution in [3.8, 4) is 0 Å². The second kappa shape index (κ2) is 4.78. The maximum absolute atomic E-state index is 4.73. The Balaban J connectivity index is 2.16. The lowest BCUT2D eigenvalue weighted by Gasteiger charge is -2.28. The number of thiophene rings is 1. The third-order valence-corrected chi connectivity index (χ3v) is 4.65. The van der Waals surface area contributed by atoms with E-state index in [4.69, 9.17) is 4.98 Å². The number of nitrogens with zero attached hydrogens (tertiary/aromatic N) is 2. The van der Waals surface area contributed by atoms with Gasteiger partial charge in [0.15, 0.2) is 0 Å². The molecule has 2 aromatic rings. The van der Waals surface area contributed by atoms with E-state index in [2.05, 4.69) is 46.9 Å². The number of nitrogens with one attached hydrogen (secondary N) is 1. The zero-order chi connectivity index (χ0) is 13.3. The molecule has 1 N–H and O–H groups in total. The van der Waals surface area contributed by atoms with Crippen LogP contribution in [0.15, 0.2) is 40.7 Å². The summed E-state index contributed by atoms with van der Waals surface area (Å²) in [5.74, 6) is 1.04. The molecule has 0 aliphatic carbocycles. The number of aryl methyl sites for hydroxylation is 1. The molecule has 3 heterocycles. The molecule has 0 saturated heterocycles. The molecular formula is C15H17N3S. The first-order valence-electron chi connectivity index (χ1n) is 6.48. The highest BCUT2D eigenvalue weighted by atomic mass is 32.1. The molecule has 1 aliphatic rings. The molecule has 19 heavy (non-hydrogen) atoms. The number of amidine groups is 1. The molecule has 0 bridgehead atoms. The van der Waals surface area contributed by atoms with Crippen molar-refractivity contribution >= 4 is 17.2 Å². The molecular weight excluding hydrogens is 254 g/mol. The van der Waals surface area contributed by atoms with Gasteiger partial charge in [-0.1, -0.05) is 12.1 Å². The topological polar surface area (TPSA) is 37.3 Å². The average Bonchev–Trinajstić information content (AvgIpc) is 3.11. The molecule has 3 rings (SSSR count). The molecule has 2 aromatic heterocycles. The van der Waals surface area contributed by atoms with Crippen LogP contribution < -0.4 is 5.32 Å². The Labute approximate surface area is 117 Å². The van der Waals surface area contributed by atoms with Gasteiger partial charge >= 0.3 is 0 Å². The van der Waals surface area contributed by atoms with E-state index in [0.29, 0.717) is 0 Å². The van der Waals surface area contributed by atoms with E-state index in [9.17, 15) is 0 Å². The minimum absolute atomic E-state index is 0.267. The van der Waals surface area contributed by atoms with Crippen LogP contribution in [0.3, 0.4) is 0 Å². The molecule has 98 valence electrons. The van der Waals surface area contributed by atoms with Crippen LogP contribution in [0.5, 0.6) is 0 Å². The molecule has 3 nitrogen and oxygen atoms in total. The summed E-state index contributed by atoms with van der Waals surface area (Å²) in [4.78, 5) is 10.7. The van der Waals surface area contributed by atoms with Gasteiger partial charge in [0.2, 0.25) is 0 Å². The summed E-state index contributed by atoms with van der Waals surface area (Å²) in [5, 5.41) is 5.53. The van der Waals surface area contributed by atoms with Gasteiger partial charge in [-0.3, -0.25) is 9.98 Å². The fraction of sp³-hybridized carbons (Fsp3) is 0.333. The molecule has 0 radical (unpaired) electrons. The van der Waals surface area contributed by atoms with Gasteiger partial charge in [-0.25, -0.2) is 0 Å². The molecule has 4 heteroatoms. The summed E-state index contributed by atoms with van der Waals surface area (Å²) >= 11 is 1.76. The first kappa shape index (κ1) is 12.4. The van der Waals surface area contributed by atoms with Crippen molar-refractivity contribution in [1.29, 1.82) is 0 Å². The van der Waals surface area contributed by atoms with Gasteiger partial charge in [-0.2, -0.15) is 0 Å². The summed E-state index contributed by atoms with van der Waals surface area (Å²) in [6.45, 7) is 6.00. The van der Waals surface area contributed by atoms with E-state index in [1.165, 1.54) is 4.88 Å². The summed E-state index contributed by atoms with van der Waals surface area (Å²) in [5.41, 5.74) is 1.83. The van der Waals surface area contributed by atoms with Gasteiger partial charge in [0, 0.05) is 17.1 Å². The molecule has 0 amide bonds. The molecule has 0 saturated carbocycles. The monoisotopic (exact) mass is 271 g/mol. The smallest absolute Gasteiger partial charge is 0.114 e. The largest absolute Gasteiger partial charge is 0.371 e. The zero-order valence-electron chi connectivity index (χ0n) is 11.2. The Kier molecular flexibility index (Phi) is 3.11. The molecule has 1 aliphatic heterocycles. The molecule has 0 spiro atoms. The maximum Gasteiger partial charge on any atom is 0.114 e. The van der Waals surface area contributed by atoms with E-state index in [-0.39, 0.29) is 5.41 Å². The highest BCUT2D eigenvalue weighted by molar-refractivity contribution is 7.10. The lowest BCUT2D eigenvalue weighted by Crippen LogP contribution is -2.41. The van der Waals surface area contributed by atoms with Crippen LogP contribution in [0.2, 0.25) is 0 Å². The summed E-state index contributed by atoms with van der Waals surface area (Å²) < 4.78 is 0. The first-order chi connectivity index (χ1) is 9.21. The van der Waals surface area contributed by atoms with Crippen LogP contribution in [0.1, 0.15) is 23.2 Å². The van der Waals surface area contributed by atoms with Crippen LogP contribution in [0, 0.1) is 6.92 Å². The number of aromatic nitrogens is 1. The van der Waals surface area contributed by atoms with Crippen LogP contribution in [-0.2, 0) is 5.41 Å².